The molecule has 7 nitrogen and oxygen atoms in total. The fraction of sp³-hybridized carbons (Fsp3) is 0.500. The molecule has 130 valence electrons. The average Bonchev–Trinajstić information content (AvgIpc) is 3.18. The summed E-state index contributed by atoms with van der Waals surface area (Å²) in [7, 11) is 0. The van der Waals surface area contributed by atoms with Gasteiger partial charge in [-0.3, -0.25) is 9.59 Å². The number of hydrogen-bond acceptors (Lipinski definition) is 6. The number of hydrogen-bond donors (Lipinski definition) is 2. The Bertz CT molecular complexity index is 693. The molecule has 0 atom stereocenters. The highest BCUT2D eigenvalue weighted by Crippen LogP contribution is 2.14. The molecule has 0 aliphatic carbocycles. The van der Waals surface area contributed by atoms with Gasteiger partial charge in [-0.1, -0.05) is 19.0 Å². The summed E-state index contributed by atoms with van der Waals surface area (Å²) in [5.41, 5.74) is 0. The Labute approximate surface area is 144 Å². The number of carbonyl (C=O) groups excluding carboxylic acids is 2. The van der Waals surface area contributed by atoms with E-state index in [1.54, 1.807) is 6.07 Å². The van der Waals surface area contributed by atoms with E-state index in [9.17, 15) is 9.59 Å². The van der Waals surface area contributed by atoms with Gasteiger partial charge in [-0.05, 0) is 25.5 Å². The van der Waals surface area contributed by atoms with Gasteiger partial charge in [0.1, 0.15) is 0 Å². The lowest BCUT2D eigenvalue weighted by Gasteiger charge is -2.05. The zero-order chi connectivity index (χ0) is 17.5. The fourth-order valence-electron chi connectivity index (χ4n) is 1.94. The molecule has 2 aromatic rings. The minimum absolute atomic E-state index is 0.0339. The number of rotatable bonds is 8. The second-order valence-electron chi connectivity index (χ2n) is 5.75. The van der Waals surface area contributed by atoms with Crippen LogP contribution < -0.4 is 10.6 Å². The first kappa shape index (κ1) is 18.1. The summed E-state index contributed by atoms with van der Waals surface area (Å²) >= 11 is 1.40. The Balaban J connectivity index is 1.61. The molecule has 0 spiro atoms. The van der Waals surface area contributed by atoms with E-state index in [-0.39, 0.29) is 24.3 Å². The van der Waals surface area contributed by atoms with Gasteiger partial charge in [0.05, 0.1) is 11.4 Å². The van der Waals surface area contributed by atoms with Crippen LogP contribution in [-0.4, -0.2) is 35.0 Å². The van der Waals surface area contributed by atoms with Crippen molar-refractivity contribution in [3.8, 4) is 0 Å². The second-order valence-corrected chi connectivity index (χ2v) is 7.04. The quantitative estimate of drug-likeness (QED) is 0.710. The molecule has 0 aliphatic heterocycles. The van der Waals surface area contributed by atoms with Crippen LogP contribution in [0, 0.1) is 6.92 Å². The molecular formula is C16H22N4O3S. The van der Waals surface area contributed by atoms with Crippen molar-refractivity contribution in [2.24, 2.45) is 0 Å². The van der Waals surface area contributed by atoms with Crippen molar-refractivity contribution in [2.75, 3.05) is 13.1 Å². The molecule has 0 fully saturated rings. The van der Waals surface area contributed by atoms with Crippen molar-refractivity contribution in [1.29, 1.82) is 0 Å². The van der Waals surface area contributed by atoms with Crippen LogP contribution >= 0.6 is 11.3 Å². The maximum Gasteiger partial charge on any atom is 0.261 e. The number of amides is 2. The minimum Gasteiger partial charge on any atom is -0.355 e. The Morgan fingerprint density at radius 2 is 2.08 bits per heavy atom. The summed E-state index contributed by atoms with van der Waals surface area (Å²) in [6.07, 6.45) is 1.31. The Kier molecular flexibility index (Phi) is 6.48. The lowest BCUT2D eigenvalue weighted by atomic mass is 10.2. The molecule has 2 N–H and O–H groups in total. The summed E-state index contributed by atoms with van der Waals surface area (Å²) in [6, 6.07) is 3.63. The molecule has 0 saturated carbocycles. The molecule has 0 bridgehead atoms. The Morgan fingerprint density at radius 3 is 2.71 bits per heavy atom. The molecule has 24 heavy (non-hydrogen) atoms. The molecule has 2 heterocycles. The van der Waals surface area contributed by atoms with Crippen LogP contribution in [0.25, 0.3) is 0 Å². The molecule has 0 unspecified atom stereocenters. The molecule has 2 amide bonds. The van der Waals surface area contributed by atoms with Crippen LogP contribution in [0.4, 0.5) is 0 Å². The number of nitrogens with zero attached hydrogens (tertiary/aromatic N) is 2. The lowest BCUT2D eigenvalue weighted by molar-refractivity contribution is -0.120. The summed E-state index contributed by atoms with van der Waals surface area (Å²) in [4.78, 5) is 29.5. The topological polar surface area (TPSA) is 97.1 Å². The van der Waals surface area contributed by atoms with Crippen molar-refractivity contribution in [3.63, 3.8) is 0 Å². The summed E-state index contributed by atoms with van der Waals surface area (Å²) < 4.78 is 5.13. The molecule has 2 aromatic heterocycles. The van der Waals surface area contributed by atoms with Crippen LogP contribution in [-0.2, 0) is 11.2 Å². The third-order valence-corrected chi connectivity index (χ3v) is 4.26. The highest BCUT2D eigenvalue weighted by atomic mass is 32.1. The van der Waals surface area contributed by atoms with E-state index in [2.05, 4.69) is 20.8 Å². The van der Waals surface area contributed by atoms with Gasteiger partial charge in [0.2, 0.25) is 11.8 Å². The highest BCUT2D eigenvalue weighted by Gasteiger charge is 2.11. The zero-order valence-electron chi connectivity index (χ0n) is 14.1. The van der Waals surface area contributed by atoms with Crippen molar-refractivity contribution >= 4 is 23.2 Å². The van der Waals surface area contributed by atoms with Crippen LogP contribution in [0.5, 0.6) is 0 Å². The molecule has 2 rings (SSSR count). The van der Waals surface area contributed by atoms with Crippen molar-refractivity contribution in [2.45, 2.75) is 39.5 Å². The maximum absolute atomic E-state index is 11.8. The van der Waals surface area contributed by atoms with Crippen LogP contribution in [0.2, 0.25) is 0 Å². The summed E-state index contributed by atoms with van der Waals surface area (Å²) in [5, 5.41) is 9.25. The number of carbonyl (C=O) groups is 2. The van der Waals surface area contributed by atoms with Gasteiger partial charge in [0.15, 0.2) is 5.82 Å². The second kappa shape index (κ2) is 8.58. The maximum atomic E-state index is 11.8. The number of aryl methyl sites for hydroxylation is 2. The first-order chi connectivity index (χ1) is 11.5. The van der Waals surface area contributed by atoms with Crippen molar-refractivity contribution in [1.82, 2.24) is 20.8 Å². The van der Waals surface area contributed by atoms with Gasteiger partial charge in [0, 0.05) is 23.8 Å². The highest BCUT2D eigenvalue weighted by molar-refractivity contribution is 7.13. The van der Waals surface area contributed by atoms with Gasteiger partial charge in [-0.25, -0.2) is 0 Å². The first-order valence-electron chi connectivity index (χ1n) is 7.89. The summed E-state index contributed by atoms with van der Waals surface area (Å²) in [5.74, 6) is 1.06. The molecule has 8 heteroatoms. The van der Waals surface area contributed by atoms with Crippen LogP contribution in [0.3, 0.4) is 0 Å². The SMILES string of the molecule is Cc1ccc(C(=O)NCC(=O)NCCCc2nc(C(C)C)no2)s1. The third kappa shape index (κ3) is 5.45. The van der Waals surface area contributed by atoms with Gasteiger partial charge in [-0.2, -0.15) is 4.98 Å². The third-order valence-electron chi connectivity index (χ3n) is 3.26. The average molecular weight is 350 g/mol. The predicted octanol–water partition coefficient (Wildman–Crippen LogP) is 2.04. The van der Waals surface area contributed by atoms with E-state index in [1.807, 2.05) is 26.8 Å². The van der Waals surface area contributed by atoms with E-state index in [1.165, 1.54) is 11.3 Å². The first-order valence-corrected chi connectivity index (χ1v) is 8.71. The van der Waals surface area contributed by atoms with Gasteiger partial charge in [0.25, 0.3) is 5.91 Å². The van der Waals surface area contributed by atoms with Crippen LogP contribution in [0.1, 0.15) is 52.5 Å². The number of aromatic nitrogens is 2. The Hall–Kier alpha value is -2.22. The van der Waals surface area contributed by atoms with E-state index < -0.39 is 0 Å². The standard InChI is InChI=1S/C16H22N4O3S/c1-10(2)15-19-14(23-20-15)5-4-8-17-13(21)9-18-16(22)12-7-6-11(3)24-12/h6-7,10H,4-5,8-9H2,1-3H3,(H,17,21)(H,18,22). The van der Waals surface area contributed by atoms with Gasteiger partial charge >= 0.3 is 0 Å². The van der Waals surface area contributed by atoms with E-state index in [0.29, 0.717) is 36.0 Å². The molecular weight excluding hydrogens is 328 g/mol. The molecule has 0 radical (unpaired) electrons. The van der Waals surface area contributed by atoms with E-state index in [4.69, 9.17) is 4.52 Å². The van der Waals surface area contributed by atoms with Gasteiger partial charge in [-0.15, -0.1) is 11.3 Å². The Morgan fingerprint density at radius 1 is 1.29 bits per heavy atom. The number of nitrogens with one attached hydrogen (secondary N) is 2. The van der Waals surface area contributed by atoms with Crippen molar-refractivity contribution in [3.05, 3.63) is 33.6 Å². The summed E-state index contributed by atoms with van der Waals surface area (Å²) in [6.45, 7) is 6.39. The fourth-order valence-corrected chi connectivity index (χ4v) is 2.72. The van der Waals surface area contributed by atoms with Crippen LogP contribution in [0.15, 0.2) is 16.7 Å². The smallest absolute Gasteiger partial charge is 0.261 e. The van der Waals surface area contributed by atoms with E-state index >= 15 is 0 Å². The minimum atomic E-state index is -0.227. The van der Waals surface area contributed by atoms with E-state index in [0.717, 1.165) is 4.88 Å². The lowest BCUT2D eigenvalue weighted by Crippen LogP contribution is -2.37. The predicted molar refractivity (Wildman–Crippen MR) is 91.1 cm³/mol. The normalized spacial score (nSPS) is 10.8. The van der Waals surface area contributed by atoms with Gasteiger partial charge < -0.3 is 15.2 Å². The molecule has 0 aliphatic rings. The zero-order valence-corrected chi connectivity index (χ0v) is 14.9. The monoisotopic (exact) mass is 350 g/mol. The number of thiophene rings is 1. The largest absolute Gasteiger partial charge is 0.355 e. The molecule has 0 saturated heterocycles. The molecule has 0 aromatic carbocycles. The van der Waals surface area contributed by atoms with Crippen molar-refractivity contribution < 1.29 is 14.1 Å².